The lowest BCUT2D eigenvalue weighted by atomic mass is 11.2. The molecule has 0 fully saturated rings. The maximum Gasteiger partial charge on any atom is 0.235 e. The van der Waals surface area contributed by atoms with Crippen molar-refractivity contribution in [3.8, 4) is 0 Å². The fourth-order valence-corrected chi connectivity index (χ4v) is 1.15. The third-order valence-corrected chi connectivity index (χ3v) is 3.08. The summed E-state index contributed by atoms with van der Waals surface area (Å²) in [6, 6.07) is 0. The number of hydrogen-bond acceptors (Lipinski definition) is 5. The Morgan fingerprint density at radius 3 is 1.53 bits per heavy atom. The molecule has 15 heavy (non-hydrogen) atoms. The fourth-order valence-electron chi connectivity index (χ4n) is 0.416. The monoisotopic (exact) mass is 256 g/mol. The van der Waals surface area contributed by atoms with Crippen LogP contribution in [-0.4, -0.2) is 30.3 Å². The van der Waals surface area contributed by atoms with Crippen LogP contribution in [-0.2, 0) is 24.8 Å². The Morgan fingerprint density at radius 2 is 1.27 bits per heavy atom. The zero-order valence-electron chi connectivity index (χ0n) is 7.84. The van der Waals surface area contributed by atoms with Crippen LogP contribution in [0.3, 0.4) is 0 Å². The van der Waals surface area contributed by atoms with E-state index in [4.69, 9.17) is 0 Å². The fraction of sp³-hybridized carbons (Fsp3) is 0.333. The van der Waals surface area contributed by atoms with Crippen molar-refractivity contribution in [2.45, 2.75) is 0 Å². The molecular weight excluding hydrogens is 244 g/mol. The quantitative estimate of drug-likeness (QED) is 0.430. The maximum absolute atomic E-state index is 10.8. The summed E-state index contributed by atoms with van der Waals surface area (Å²) in [5, 5.41) is 1.43. The molecule has 0 aliphatic rings. The van der Waals surface area contributed by atoms with Crippen LogP contribution in [0, 0.1) is 0 Å². The van der Waals surface area contributed by atoms with Gasteiger partial charge in [0.1, 0.15) is 13.5 Å². The first-order chi connectivity index (χ1) is 6.83. The Bertz CT molecular complexity index is 371. The molecule has 0 atom stereocenters. The van der Waals surface area contributed by atoms with Crippen molar-refractivity contribution in [2.24, 2.45) is 0 Å². The summed E-state index contributed by atoms with van der Waals surface area (Å²) in [6.07, 6.45) is 0. The predicted octanol–water partition coefficient (Wildman–Crippen LogP) is -0.956. The highest BCUT2D eigenvalue weighted by molar-refractivity contribution is 7.92. The van der Waals surface area contributed by atoms with Crippen LogP contribution in [0.4, 0.5) is 0 Å². The molecule has 0 bridgehead atoms. The van der Waals surface area contributed by atoms with E-state index < -0.39 is 20.0 Å². The minimum atomic E-state index is -3.55. The lowest BCUT2D eigenvalue weighted by molar-refractivity contribution is 0.128. The van der Waals surface area contributed by atoms with E-state index in [2.05, 4.69) is 17.9 Å². The highest BCUT2D eigenvalue weighted by atomic mass is 32.2. The zero-order chi connectivity index (χ0) is 11.9. The Hall–Kier alpha value is -0.740. The predicted molar refractivity (Wildman–Crippen MR) is 55.3 cm³/mol. The van der Waals surface area contributed by atoms with Crippen LogP contribution in [0.5, 0.6) is 0 Å². The third kappa shape index (κ3) is 7.22. The van der Waals surface area contributed by atoms with Gasteiger partial charge < -0.3 is 4.74 Å². The van der Waals surface area contributed by atoms with Gasteiger partial charge in [-0.3, -0.25) is 0 Å². The van der Waals surface area contributed by atoms with Gasteiger partial charge in [0.2, 0.25) is 20.0 Å². The molecule has 0 saturated heterocycles. The van der Waals surface area contributed by atoms with Gasteiger partial charge in [0.15, 0.2) is 0 Å². The van der Waals surface area contributed by atoms with Gasteiger partial charge in [0.25, 0.3) is 0 Å². The number of sulfonamides is 2. The van der Waals surface area contributed by atoms with E-state index >= 15 is 0 Å². The molecule has 0 rings (SSSR count). The third-order valence-electron chi connectivity index (χ3n) is 1.16. The molecule has 0 aliphatic heterocycles. The van der Waals surface area contributed by atoms with Crippen molar-refractivity contribution in [1.82, 2.24) is 9.44 Å². The smallest absolute Gasteiger partial charge is 0.235 e. The second kappa shape index (κ2) is 5.98. The van der Waals surface area contributed by atoms with Gasteiger partial charge in [-0.25, -0.2) is 16.8 Å². The molecule has 0 saturated carbocycles. The second-order valence-corrected chi connectivity index (χ2v) is 5.63. The summed E-state index contributed by atoms with van der Waals surface area (Å²) in [5.74, 6) is 0. The average Bonchev–Trinajstić information content (AvgIpc) is 2.17. The molecule has 0 aromatic carbocycles. The first-order valence-corrected chi connectivity index (χ1v) is 6.74. The second-order valence-electron chi connectivity index (χ2n) is 2.20. The molecule has 0 aromatic rings. The Morgan fingerprint density at radius 1 is 0.933 bits per heavy atom. The maximum atomic E-state index is 10.8. The van der Waals surface area contributed by atoms with Crippen molar-refractivity contribution in [3.05, 3.63) is 24.0 Å². The molecule has 7 nitrogen and oxygen atoms in total. The van der Waals surface area contributed by atoms with Gasteiger partial charge in [-0.2, -0.15) is 9.44 Å². The summed E-state index contributed by atoms with van der Waals surface area (Å²) in [5.41, 5.74) is 0. The number of hydrogen-bond donors (Lipinski definition) is 2. The van der Waals surface area contributed by atoms with Gasteiger partial charge in [-0.05, 0) is 0 Å². The molecule has 0 aliphatic carbocycles. The largest absolute Gasteiger partial charge is 0.349 e. The van der Waals surface area contributed by atoms with Crippen LogP contribution >= 0.6 is 0 Å². The van der Waals surface area contributed by atoms with E-state index in [1.807, 2.05) is 9.44 Å². The summed E-state index contributed by atoms with van der Waals surface area (Å²) >= 11 is 0. The molecule has 0 radical (unpaired) electrons. The molecule has 0 heterocycles. The minimum Gasteiger partial charge on any atom is -0.349 e. The van der Waals surface area contributed by atoms with Gasteiger partial charge in [0, 0.05) is 10.8 Å². The SMILES string of the molecule is C=CS(=O)(=O)NCOCNS(=O)(=O)C=C. The molecule has 0 amide bonds. The van der Waals surface area contributed by atoms with E-state index in [-0.39, 0.29) is 13.5 Å². The van der Waals surface area contributed by atoms with Crippen molar-refractivity contribution in [1.29, 1.82) is 0 Å². The molecule has 9 heteroatoms. The first kappa shape index (κ1) is 14.3. The molecule has 0 unspecified atom stereocenters. The van der Waals surface area contributed by atoms with E-state index in [0.717, 1.165) is 0 Å². The topological polar surface area (TPSA) is 102 Å². The number of nitrogens with one attached hydrogen (secondary N) is 2. The Balaban J connectivity index is 3.75. The van der Waals surface area contributed by atoms with E-state index in [0.29, 0.717) is 10.8 Å². The van der Waals surface area contributed by atoms with E-state index in [1.54, 1.807) is 0 Å². The molecule has 0 spiro atoms. The molecular formula is C6H12N2O5S2. The van der Waals surface area contributed by atoms with Crippen molar-refractivity contribution < 1.29 is 21.6 Å². The Kier molecular flexibility index (Phi) is 5.68. The standard InChI is InChI=1S/C6H12N2O5S2/c1-3-14(9,10)7-5-13-6-8-15(11,12)4-2/h3-4,7-8H,1-2,5-6H2. The van der Waals surface area contributed by atoms with Gasteiger partial charge in [-0.1, -0.05) is 13.2 Å². The number of rotatable bonds is 8. The number of ether oxygens (including phenoxy) is 1. The lowest BCUT2D eigenvalue weighted by Gasteiger charge is -2.05. The zero-order valence-corrected chi connectivity index (χ0v) is 9.47. The average molecular weight is 256 g/mol. The van der Waals surface area contributed by atoms with Gasteiger partial charge >= 0.3 is 0 Å². The van der Waals surface area contributed by atoms with Crippen LogP contribution in [0.15, 0.2) is 24.0 Å². The van der Waals surface area contributed by atoms with Crippen LogP contribution < -0.4 is 9.44 Å². The van der Waals surface area contributed by atoms with Crippen LogP contribution in [0.25, 0.3) is 0 Å². The molecule has 0 aromatic heterocycles. The molecule has 88 valence electrons. The van der Waals surface area contributed by atoms with Crippen molar-refractivity contribution >= 4 is 20.0 Å². The van der Waals surface area contributed by atoms with Gasteiger partial charge in [0.05, 0.1) is 0 Å². The molecule has 2 N–H and O–H groups in total. The lowest BCUT2D eigenvalue weighted by Crippen LogP contribution is -2.29. The van der Waals surface area contributed by atoms with E-state index in [1.165, 1.54) is 0 Å². The summed E-state index contributed by atoms with van der Waals surface area (Å²) in [4.78, 5) is 0. The van der Waals surface area contributed by atoms with Crippen molar-refractivity contribution in [2.75, 3.05) is 13.5 Å². The van der Waals surface area contributed by atoms with Crippen LogP contribution in [0.1, 0.15) is 0 Å². The summed E-state index contributed by atoms with van der Waals surface area (Å²) < 4.78 is 51.6. The summed E-state index contributed by atoms with van der Waals surface area (Å²) in [6.45, 7) is 5.40. The summed E-state index contributed by atoms with van der Waals surface area (Å²) in [7, 11) is -7.10. The Labute approximate surface area is 88.9 Å². The normalized spacial score (nSPS) is 12.3. The minimum absolute atomic E-state index is 0.353. The van der Waals surface area contributed by atoms with Gasteiger partial charge in [-0.15, -0.1) is 0 Å². The van der Waals surface area contributed by atoms with E-state index in [9.17, 15) is 16.8 Å². The first-order valence-electron chi connectivity index (χ1n) is 3.65. The highest BCUT2D eigenvalue weighted by Gasteiger charge is 2.04. The van der Waals surface area contributed by atoms with Crippen molar-refractivity contribution in [3.63, 3.8) is 0 Å². The van der Waals surface area contributed by atoms with Crippen LogP contribution in [0.2, 0.25) is 0 Å². The highest BCUT2D eigenvalue weighted by Crippen LogP contribution is 1.84.